The highest BCUT2D eigenvalue weighted by Crippen LogP contribution is 2.12. The van der Waals surface area contributed by atoms with E-state index in [1.807, 2.05) is 0 Å². The quantitative estimate of drug-likeness (QED) is 0.685. The minimum absolute atomic E-state index is 0.0592. The fraction of sp³-hybridized carbons (Fsp3) is 0.462. The Hall–Kier alpha value is -1.59. The molecule has 0 aromatic heterocycles. The number of rotatable bonds is 7. The number of ether oxygens (including phenoxy) is 1. The molecule has 1 atom stereocenters. The molecule has 5 heteroatoms. The lowest BCUT2D eigenvalue weighted by atomic mass is 10.2. The second-order valence-electron chi connectivity index (χ2n) is 3.55. The molecular formula is C13H19NO4. The van der Waals surface area contributed by atoms with Crippen LogP contribution < -0.4 is 10.1 Å². The molecule has 0 aliphatic rings. The third kappa shape index (κ3) is 5.16. The average Bonchev–Trinajstić information content (AvgIpc) is 2.48. The Morgan fingerprint density at radius 3 is 2.72 bits per heavy atom. The van der Waals surface area contributed by atoms with Crippen LogP contribution in [0.2, 0.25) is 0 Å². The summed E-state index contributed by atoms with van der Waals surface area (Å²) in [5.41, 5.74) is 0.0592. The molecule has 3 N–H and O–H groups in total. The lowest BCUT2D eigenvalue weighted by Crippen LogP contribution is -2.35. The van der Waals surface area contributed by atoms with Crippen molar-refractivity contribution in [1.29, 1.82) is 0 Å². The van der Waals surface area contributed by atoms with Gasteiger partial charge in [-0.2, -0.15) is 0 Å². The van der Waals surface area contributed by atoms with Crippen molar-refractivity contribution < 1.29 is 29.3 Å². The molecule has 1 aromatic carbocycles. The Morgan fingerprint density at radius 2 is 2.17 bits per heavy atom. The van der Waals surface area contributed by atoms with Gasteiger partial charge in [-0.3, -0.25) is 0 Å². The van der Waals surface area contributed by atoms with Gasteiger partial charge < -0.3 is 20.3 Å². The highest BCUT2D eigenvalue weighted by atomic mass is 16.5. The molecule has 0 bridgehead atoms. The minimum Gasteiger partial charge on any atom is -0.491 e. The third-order valence-electron chi connectivity index (χ3n) is 2.06. The summed E-state index contributed by atoms with van der Waals surface area (Å²) in [7, 11) is 0. The van der Waals surface area contributed by atoms with Gasteiger partial charge in [-0.1, -0.05) is 13.7 Å². The SMILES string of the molecule is [2H]C([2H])([2H])C([2H])(NCC(O)COc1ccc(C(=O)O)cc1)C([2H])([2H])[2H]. The zero-order valence-corrected chi connectivity index (χ0v) is 9.51. The second-order valence-corrected chi connectivity index (χ2v) is 3.55. The van der Waals surface area contributed by atoms with Crippen LogP contribution in [0, 0.1) is 0 Å². The fourth-order valence-electron chi connectivity index (χ4n) is 1.16. The van der Waals surface area contributed by atoms with Crippen LogP contribution in [0.1, 0.15) is 33.7 Å². The standard InChI is InChI=1S/C13H19NO4/c1-9(2)14-7-11(15)8-18-12-5-3-10(4-6-12)13(16)17/h3-6,9,11,14-15H,7-8H2,1-2H3,(H,16,17)/i1D3,2D3,9D. The molecule has 1 unspecified atom stereocenters. The van der Waals surface area contributed by atoms with Crippen LogP contribution in [-0.2, 0) is 0 Å². The molecule has 0 amide bonds. The van der Waals surface area contributed by atoms with Crippen molar-refractivity contribution in [3.63, 3.8) is 0 Å². The summed E-state index contributed by atoms with van der Waals surface area (Å²) < 4.78 is 56.4. The van der Waals surface area contributed by atoms with E-state index in [2.05, 4.69) is 5.32 Å². The third-order valence-corrected chi connectivity index (χ3v) is 2.06. The van der Waals surface area contributed by atoms with Crippen LogP contribution in [0.3, 0.4) is 0 Å². The van der Waals surface area contributed by atoms with E-state index in [0.717, 1.165) is 0 Å². The number of hydrogen-bond donors (Lipinski definition) is 3. The molecule has 0 saturated carbocycles. The molecule has 0 heterocycles. The Labute approximate surface area is 116 Å². The maximum Gasteiger partial charge on any atom is 0.335 e. The summed E-state index contributed by atoms with van der Waals surface area (Å²) >= 11 is 0. The van der Waals surface area contributed by atoms with Gasteiger partial charge in [0.1, 0.15) is 18.5 Å². The van der Waals surface area contributed by atoms with Gasteiger partial charge in [-0.15, -0.1) is 0 Å². The van der Waals surface area contributed by atoms with Crippen LogP contribution in [0.25, 0.3) is 0 Å². The van der Waals surface area contributed by atoms with E-state index in [0.29, 0.717) is 0 Å². The molecule has 0 aliphatic heterocycles. The van der Waals surface area contributed by atoms with Crippen molar-refractivity contribution in [2.24, 2.45) is 0 Å². The van der Waals surface area contributed by atoms with Gasteiger partial charge >= 0.3 is 5.97 Å². The van der Waals surface area contributed by atoms with E-state index >= 15 is 0 Å². The highest BCUT2D eigenvalue weighted by molar-refractivity contribution is 5.87. The zero-order valence-electron chi connectivity index (χ0n) is 16.5. The van der Waals surface area contributed by atoms with Crippen molar-refractivity contribution >= 4 is 5.97 Å². The smallest absolute Gasteiger partial charge is 0.335 e. The lowest BCUT2D eigenvalue weighted by Gasteiger charge is -2.15. The number of carboxylic acids is 1. The van der Waals surface area contributed by atoms with Gasteiger partial charge in [0.25, 0.3) is 0 Å². The number of carboxylic acid groups (broad SMARTS) is 1. The van der Waals surface area contributed by atoms with Gasteiger partial charge in [0, 0.05) is 22.2 Å². The lowest BCUT2D eigenvalue weighted by molar-refractivity contribution is 0.0696. The van der Waals surface area contributed by atoms with Gasteiger partial charge in [-0.25, -0.2) is 4.79 Å². The van der Waals surface area contributed by atoms with E-state index in [1.165, 1.54) is 24.3 Å². The maximum atomic E-state index is 10.7. The zero-order chi connectivity index (χ0) is 19.5. The summed E-state index contributed by atoms with van der Waals surface area (Å²) in [4.78, 5) is 10.7. The first kappa shape index (κ1) is 7.11. The van der Waals surface area contributed by atoms with Crippen molar-refractivity contribution in [3.8, 4) is 5.75 Å². The predicted octanol–water partition coefficient (Wildman–Crippen LogP) is 1.12. The number of carbonyl (C=O) groups is 1. The Morgan fingerprint density at radius 1 is 1.50 bits per heavy atom. The Kier molecular flexibility index (Phi) is 2.76. The number of nitrogens with one attached hydrogen (secondary N) is 1. The summed E-state index contributed by atoms with van der Waals surface area (Å²) in [5, 5.41) is 20.7. The average molecular weight is 260 g/mol. The summed E-state index contributed by atoms with van der Waals surface area (Å²) in [5.74, 6) is -0.829. The topological polar surface area (TPSA) is 78.8 Å². The fourth-order valence-corrected chi connectivity index (χ4v) is 1.16. The van der Waals surface area contributed by atoms with Crippen molar-refractivity contribution in [2.75, 3.05) is 13.2 Å². The van der Waals surface area contributed by atoms with Gasteiger partial charge in [-0.05, 0) is 24.3 Å². The molecule has 0 radical (unpaired) electrons. The van der Waals surface area contributed by atoms with E-state index in [-0.39, 0.29) is 17.9 Å². The largest absolute Gasteiger partial charge is 0.491 e. The van der Waals surface area contributed by atoms with E-state index in [1.54, 1.807) is 0 Å². The number of aliphatic hydroxyl groups excluding tert-OH is 1. The van der Waals surface area contributed by atoms with Gasteiger partial charge in [0.05, 0.1) is 5.56 Å². The van der Waals surface area contributed by atoms with Gasteiger partial charge in [0.15, 0.2) is 0 Å². The van der Waals surface area contributed by atoms with Crippen LogP contribution in [0.15, 0.2) is 24.3 Å². The molecule has 0 spiro atoms. The molecule has 5 nitrogen and oxygen atoms in total. The molecule has 18 heavy (non-hydrogen) atoms. The van der Waals surface area contributed by atoms with Crippen molar-refractivity contribution in [1.82, 2.24) is 5.32 Å². The highest BCUT2D eigenvalue weighted by Gasteiger charge is 2.07. The first-order chi connectivity index (χ1) is 11.3. The first-order valence-electron chi connectivity index (χ1n) is 8.67. The number of aromatic carboxylic acids is 1. The van der Waals surface area contributed by atoms with E-state index in [9.17, 15) is 9.90 Å². The Bertz CT molecular complexity index is 572. The molecule has 0 aliphatic carbocycles. The summed E-state index contributed by atoms with van der Waals surface area (Å²) in [6.45, 7) is -7.07. The van der Waals surface area contributed by atoms with Crippen LogP contribution >= 0.6 is 0 Å². The number of hydrogen-bond acceptors (Lipinski definition) is 4. The molecular weight excluding hydrogens is 234 g/mol. The van der Waals surface area contributed by atoms with Crippen LogP contribution in [-0.4, -0.2) is 41.5 Å². The van der Waals surface area contributed by atoms with Crippen molar-refractivity contribution in [3.05, 3.63) is 29.8 Å². The van der Waals surface area contributed by atoms with Crippen LogP contribution in [0.5, 0.6) is 5.75 Å². The van der Waals surface area contributed by atoms with Gasteiger partial charge in [0.2, 0.25) is 0 Å². The molecule has 1 rings (SSSR count). The molecule has 0 saturated heterocycles. The van der Waals surface area contributed by atoms with Crippen LogP contribution in [0.4, 0.5) is 0 Å². The van der Waals surface area contributed by atoms with Crippen molar-refractivity contribution in [2.45, 2.75) is 25.8 Å². The van der Waals surface area contributed by atoms with E-state index in [4.69, 9.17) is 19.4 Å². The maximum absolute atomic E-state index is 10.7. The summed E-state index contributed by atoms with van der Waals surface area (Å²) in [6.07, 6.45) is -1.28. The number of aliphatic hydroxyl groups is 1. The summed E-state index contributed by atoms with van der Waals surface area (Å²) in [6, 6.07) is 2.44. The molecule has 1 aromatic rings. The molecule has 0 fully saturated rings. The minimum atomic E-state index is -3.13. The normalized spacial score (nSPS) is 20.2. The first-order valence-corrected chi connectivity index (χ1v) is 5.17. The predicted molar refractivity (Wildman–Crippen MR) is 68.0 cm³/mol. The van der Waals surface area contributed by atoms with E-state index < -0.39 is 38.3 Å². The Balaban J connectivity index is 2.61. The second kappa shape index (κ2) is 6.98. The molecule has 100 valence electrons. The number of benzene rings is 1. The monoisotopic (exact) mass is 260 g/mol.